The molecule has 0 amide bonds. The van der Waals surface area contributed by atoms with E-state index in [-0.39, 0.29) is 0 Å². The van der Waals surface area contributed by atoms with Crippen molar-refractivity contribution in [2.24, 2.45) is 0 Å². The molecule has 1 saturated heterocycles. The first kappa shape index (κ1) is 16.2. The van der Waals surface area contributed by atoms with E-state index in [1.807, 2.05) is 20.0 Å². The number of nitrogens with zero attached hydrogens (tertiary/aromatic N) is 2. The van der Waals surface area contributed by atoms with Crippen molar-refractivity contribution in [1.29, 1.82) is 0 Å². The molecular formula is C17H28N2O2. The maximum Gasteiger partial charge on any atom is 0.128 e. The molecule has 0 bridgehead atoms. The van der Waals surface area contributed by atoms with E-state index in [4.69, 9.17) is 4.74 Å². The second-order valence-electron chi connectivity index (χ2n) is 6.29. The number of rotatable bonds is 5. The average Bonchev–Trinajstić information content (AvgIpc) is 2.46. The van der Waals surface area contributed by atoms with Gasteiger partial charge >= 0.3 is 0 Å². The lowest BCUT2D eigenvalue weighted by Gasteiger charge is -2.38. The first-order valence-corrected chi connectivity index (χ1v) is 7.93. The number of piperidine rings is 1. The van der Waals surface area contributed by atoms with Gasteiger partial charge in [-0.1, -0.05) is 6.92 Å². The first-order valence-electron chi connectivity index (χ1n) is 7.93. The molecule has 1 aromatic rings. The number of aryl methyl sites for hydroxylation is 1. The van der Waals surface area contributed by atoms with Gasteiger partial charge in [0.2, 0.25) is 0 Å². The maximum absolute atomic E-state index is 10.9. The Morgan fingerprint density at radius 2 is 2.00 bits per heavy atom. The third-order valence-electron chi connectivity index (χ3n) is 4.57. The Morgan fingerprint density at radius 3 is 2.57 bits per heavy atom. The van der Waals surface area contributed by atoms with Crippen molar-refractivity contribution in [3.63, 3.8) is 0 Å². The number of likely N-dealkylation sites (tertiary alicyclic amines) is 1. The molecule has 1 aromatic heterocycles. The van der Waals surface area contributed by atoms with Gasteiger partial charge in [0.1, 0.15) is 5.75 Å². The van der Waals surface area contributed by atoms with Crippen LogP contribution >= 0.6 is 0 Å². The summed E-state index contributed by atoms with van der Waals surface area (Å²) in [5, 5.41) is 10.9. The van der Waals surface area contributed by atoms with Crippen molar-refractivity contribution < 1.29 is 9.84 Å². The van der Waals surface area contributed by atoms with Crippen molar-refractivity contribution in [1.82, 2.24) is 9.88 Å². The minimum atomic E-state index is -0.623. The second kappa shape index (κ2) is 6.75. The Labute approximate surface area is 128 Å². The zero-order valence-electron chi connectivity index (χ0n) is 13.8. The minimum Gasteiger partial charge on any atom is -0.496 e. The van der Waals surface area contributed by atoms with Crippen LogP contribution in [0.25, 0.3) is 0 Å². The van der Waals surface area contributed by atoms with E-state index in [1.165, 1.54) is 6.42 Å². The molecule has 4 heteroatoms. The molecule has 2 rings (SSSR count). The summed E-state index contributed by atoms with van der Waals surface area (Å²) in [4.78, 5) is 6.96. The summed E-state index contributed by atoms with van der Waals surface area (Å²) in [5.74, 6) is 0.895. The molecule has 21 heavy (non-hydrogen) atoms. The summed E-state index contributed by atoms with van der Waals surface area (Å²) in [6, 6.07) is 0. The van der Waals surface area contributed by atoms with Crippen LogP contribution in [0.1, 0.15) is 43.0 Å². The van der Waals surface area contributed by atoms with Gasteiger partial charge in [0, 0.05) is 42.5 Å². The van der Waals surface area contributed by atoms with Crippen molar-refractivity contribution in [3.8, 4) is 5.75 Å². The molecule has 0 atom stereocenters. The fraction of sp³-hybridized carbons (Fsp3) is 0.706. The van der Waals surface area contributed by atoms with Gasteiger partial charge in [-0.2, -0.15) is 0 Å². The van der Waals surface area contributed by atoms with Crippen LogP contribution in [0.5, 0.6) is 5.75 Å². The van der Waals surface area contributed by atoms with E-state index in [9.17, 15) is 5.11 Å². The fourth-order valence-corrected chi connectivity index (χ4v) is 3.25. The Kier molecular flexibility index (Phi) is 5.22. The molecule has 1 aliphatic heterocycles. The normalized spacial score (nSPS) is 18.7. The molecule has 1 N–H and O–H groups in total. The summed E-state index contributed by atoms with van der Waals surface area (Å²) < 4.78 is 5.46. The summed E-state index contributed by atoms with van der Waals surface area (Å²) in [6.45, 7) is 9.32. The van der Waals surface area contributed by atoms with E-state index in [2.05, 4.69) is 16.8 Å². The number of methoxy groups -OCH3 is 1. The predicted octanol–water partition coefficient (Wildman–Crippen LogP) is 2.49. The lowest BCUT2D eigenvalue weighted by Crippen LogP contribution is -2.46. The SMILES string of the molecule is CCCN1CCC(O)(Cc2ncc(C)c(OC)c2C)CC1. The number of hydrogen-bond acceptors (Lipinski definition) is 4. The quantitative estimate of drug-likeness (QED) is 0.905. The predicted molar refractivity (Wildman–Crippen MR) is 84.9 cm³/mol. The van der Waals surface area contributed by atoms with E-state index < -0.39 is 5.60 Å². The summed E-state index contributed by atoms with van der Waals surface area (Å²) >= 11 is 0. The topological polar surface area (TPSA) is 45.6 Å². The monoisotopic (exact) mass is 292 g/mol. The Bertz CT molecular complexity index is 480. The van der Waals surface area contributed by atoms with Crippen LogP contribution in [0.3, 0.4) is 0 Å². The number of aromatic nitrogens is 1. The molecule has 0 spiro atoms. The molecule has 1 aliphatic rings. The van der Waals surface area contributed by atoms with Gasteiger partial charge in [-0.25, -0.2) is 0 Å². The molecule has 0 unspecified atom stereocenters. The average molecular weight is 292 g/mol. The molecule has 118 valence electrons. The summed E-state index contributed by atoms with van der Waals surface area (Å²) in [5.41, 5.74) is 2.44. The highest BCUT2D eigenvalue weighted by molar-refractivity contribution is 5.41. The van der Waals surface area contributed by atoms with E-state index in [0.717, 1.165) is 55.0 Å². The Balaban J connectivity index is 2.08. The Hall–Kier alpha value is -1.13. The van der Waals surface area contributed by atoms with Crippen LogP contribution in [0.15, 0.2) is 6.20 Å². The lowest BCUT2D eigenvalue weighted by atomic mass is 9.85. The molecule has 1 fully saturated rings. The van der Waals surface area contributed by atoms with Crippen molar-refractivity contribution >= 4 is 0 Å². The van der Waals surface area contributed by atoms with E-state index >= 15 is 0 Å². The number of pyridine rings is 1. The largest absolute Gasteiger partial charge is 0.496 e. The van der Waals surface area contributed by atoms with Crippen molar-refractivity contribution in [2.75, 3.05) is 26.7 Å². The molecular weight excluding hydrogens is 264 g/mol. The van der Waals surface area contributed by atoms with Crippen LogP contribution < -0.4 is 4.74 Å². The molecule has 2 heterocycles. The van der Waals surface area contributed by atoms with Gasteiger partial charge in [0.25, 0.3) is 0 Å². The van der Waals surface area contributed by atoms with E-state index in [0.29, 0.717) is 6.42 Å². The molecule has 0 radical (unpaired) electrons. The molecule has 0 aliphatic carbocycles. The van der Waals surface area contributed by atoms with Crippen LogP contribution in [0.4, 0.5) is 0 Å². The highest BCUT2D eigenvalue weighted by Crippen LogP contribution is 2.30. The van der Waals surface area contributed by atoms with E-state index in [1.54, 1.807) is 7.11 Å². The van der Waals surface area contributed by atoms with Gasteiger partial charge in [-0.15, -0.1) is 0 Å². The number of aliphatic hydroxyl groups is 1. The zero-order chi connectivity index (χ0) is 15.5. The number of hydrogen-bond donors (Lipinski definition) is 1. The Morgan fingerprint density at radius 1 is 1.33 bits per heavy atom. The third-order valence-corrected chi connectivity index (χ3v) is 4.57. The van der Waals surface area contributed by atoms with Crippen LogP contribution in [0, 0.1) is 13.8 Å². The third kappa shape index (κ3) is 3.74. The smallest absolute Gasteiger partial charge is 0.128 e. The number of ether oxygens (including phenoxy) is 1. The fourth-order valence-electron chi connectivity index (χ4n) is 3.25. The van der Waals surface area contributed by atoms with Gasteiger partial charge in [0.05, 0.1) is 12.7 Å². The molecule has 0 aromatic carbocycles. The van der Waals surface area contributed by atoms with Crippen molar-refractivity contribution in [3.05, 3.63) is 23.0 Å². The van der Waals surface area contributed by atoms with Gasteiger partial charge in [-0.3, -0.25) is 4.98 Å². The summed E-state index contributed by atoms with van der Waals surface area (Å²) in [6.07, 6.45) is 5.29. The van der Waals surface area contributed by atoms with Crippen LogP contribution in [-0.2, 0) is 6.42 Å². The zero-order valence-corrected chi connectivity index (χ0v) is 13.8. The second-order valence-corrected chi connectivity index (χ2v) is 6.29. The highest BCUT2D eigenvalue weighted by atomic mass is 16.5. The lowest BCUT2D eigenvalue weighted by molar-refractivity contribution is -0.0213. The van der Waals surface area contributed by atoms with Gasteiger partial charge in [-0.05, 0) is 39.7 Å². The van der Waals surface area contributed by atoms with Crippen LogP contribution in [-0.4, -0.2) is 47.3 Å². The van der Waals surface area contributed by atoms with Gasteiger partial charge < -0.3 is 14.7 Å². The van der Waals surface area contributed by atoms with Crippen LogP contribution in [0.2, 0.25) is 0 Å². The van der Waals surface area contributed by atoms with Gasteiger partial charge in [0.15, 0.2) is 0 Å². The standard InChI is InChI=1S/C17H28N2O2/c1-5-8-19-9-6-17(20,7-10-19)11-15-14(3)16(21-4)13(2)12-18-15/h12,20H,5-11H2,1-4H3. The van der Waals surface area contributed by atoms with Crippen molar-refractivity contribution in [2.45, 2.75) is 52.1 Å². The maximum atomic E-state index is 10.9. The summed E-state index contributed by atoms with van der Waals surface area (Å²) in [7, 11) is 1.69. The first-order chi connectivity index (χ1) is 9.99. The minimum absolute atomic E-state index is 0.620. The highest BCUT2D eigenvalue weighted by Gasteiger charge is 2.33. The molecule has 4 nitrogen and oxygen atoms in total. The molecule has 0 saturated carbocycles.